The highest BCUT2D eigenvalue weighted by Gasteiger charge is 2.25. The fourth-order valence-electron chi connectivity index (χ4n) is 3.98. The summed E-state index contributed by atoms with van der Waals surface area (Å²) in [4.78, 5) is 15.8. The highest BCUT2D eigenvalue weighted by atomic mass is 32.3. The monoisotopic (exact) mass is 589 g/mol. The van der Waals surface area contributed by atoms with Crippen LogP contribution < -0.4 is 9.47 Å². The average molecular weight is 590 g/mol. The SMILES string of the molecule is CC(C)(C)N(CC(=O)c1cc(OCc2ccccc2)cc(OCc2ccccc2)c1)Cc1ccccc1.O=S(=O)([O-])[O-]. The van der Waals surface area contributed by atoms with E-state index in [4.69, 9.17) is 27.0 Å². The van der Waals surface area contributed by atoms with Gasteiger partial charge in [0.2, 0.25) is 0 Å². The number of rotatable bonds is 11. The summed E-state index contributed by atoms with van der Waals surface area (Å²) in [6, 6.07) is 35.7. The molecule has 0 bridgehead atoms. The normalized spacial score (nSPS) is 11.4. The van der Waals surface area contributed by atoms with Crippen LogP contribution in [0.15, 0.2) is 109 Å². The number of ketones is 1. The first-order valence-electron chi connectivity index (χ1n) is 13.3. The van der Waals surface area contributed by atoms with Crippen LogP contribution in [0.5, 0.6) is 11.5 Å². The zero-order valence-electron chi connectivity index (χ0n) is 23.9. The number of hydrogen-bond acceptors (Lipinski definition) is 8. The molecular weight excluding hydrogens is 554 g/mol. The maximum absolute atomic E-state index is 13.6. The lowest BCUT2D eigenvalue weighted by Gasteiger charge is -2.35. The van der Waals surface area contributed by atoms with Crippen LogP contribution in [-0.2, 0) is 30.2 Å². The Hall–Kier alpha value is -4.02. The molecule has 4 aromatic carbocycles. The molecule has 0 saturated carbocycles. The topological polar surface area (TPSA) is 119 Å². The van der Waals surface area contributed by atoms with Gasteiger partial charge in [-0.05, 0) is 49.6 Å². The van der Waals surface area contributed by atoms with Crippen molar-refractivity contribution in [3.05, 3.63) is 131 Å². The van der Waals surface area contributed by atoms with Crippen LogP contribution in [0.1, 0.15) is 47.8 Å². The van der Waals surface area contributed by atoms with Gasteiger partial charge in [-0.1, -0.05) is 91.0 Å². The molecule has 0 heterocycles. The molecule has 8 nitrogen and oxygen atoms in total. The van der Waals surface area contributed by atoms with Gasteiger partial charge in [-0.3, -0.25) is 18.1 Å². The summed E-state index contributed by atoms with van der Waals surface area (Å²) in [6.45, 7) is 8.22. The minimum atomic E-state index is -5.17. The maximum Gasteiger partial charge on any atom is 0.177 e. The molecule has 0 fully saturated rings. The highest BCUT2D eigenvalue weighted by molar-refractivity contribution is 7.79. The van der Waals surface area contributed by atoms with Crippen LogP contribution >= 0.6 is 0 Å². The number of Topliss-reactive ketones (excluding diaryl/α,β-unsaturated/α-hetero) is 1. The van der Waals surface area contributed by atoms with Crippen molar-refractivity contribution < 1.29 is 31.8 Å². The van der Waals surface area contributed by atoms with Crippen molar-refractivity contribution in [3.63, 3.8) is 0 Å². The van der Waals surface area contributed by atoms with Gasteiger partial charge >= 0.3 is 0 Å². The molecule has 0 saturated heterocycles. The molecule has 0 radical (unpaired) electrons. The lowest BCUT2D eigenvalue weighted by atomic mass is 10.0. The third-order valence-corrected chi connectivity index (χ3v) is 6.20. The Balaban J connectivity index is 0.000000892. The van der Waals surface area contributed by atoms with E-state index in [0.717, 1.165) is 11.1 Å². The summed E-state index contributed by atoms with van der Waals surface area (Å²) >= 11 is 0. The smallest absolute Gasteiger partial charge is 0.177 e. The molecule has 222 valence electrons. The third kappa shape index (κ3) is 12.2. The summed E-state index contributed by atoms with van der Waals surface area (Å²) in [5.74, 6) is 1.26. The van der Waals surface area contributed by atoms with Gasteiger partial charge in [-0.2, -0.15) is 0 Å². The van der Waals surface area contributed by atoms with Gasteiger partial charge in [0.25, 0.3) is 0 Å². The van der Waals surface area contributed by atoms with Crippen LogP contribution in [-0.4, -0.2) is 40.3 Å². The Morgan fingerprint density at radius 3 is 1.45 bits per heavy atom. The van der Waals surface area contributed by atoms with Crippen molar-refractivity contribution in [2.75, 3.05) is 6.54 Å². The average Bonchev–Trinajstić information content (AvgIpc) is 2.95. The number of nitrogens with zero attached hydrogens (tertiary/aromatic N) is 1. The minimum absolute atomic E-state index is 0.0283. The molecule has 9 heteroatoms. The second-order valence-corrected chi connectivity index (χ2v) is 11.4. The van der Waals surface area contributed by atoms with Gasteiger partial charge < -0.3 is 18.6 Å². The zero-order valence-corrected chi connectivity index (χ0v) is 24.8. The Bertz CT molecular complexity index is 1440. The first-order chi connectivity index (χ1) is 19.9. The standard InChI is InChI=1S/C33H35NO3.H2O4S/c1-33(2,3)34(22-26-13-7-4-8-14-26)23-32(35)29-19-30(36-24-27-15-9-5-10-16-27)21-31(20-29)37-25-28-17-11-6-12-18-28;1-5(2,3)4/h4-21H,22-25H2,1-3H3;(H2,1,2,3,4)/p-2. The number of benzene rings is 4. The van der Waals surface area contributed by atoms with Crippen molar-refractivity contribution in [2.24, 2.45) is 0 Å². The zero-order chi connectivity index (χ0) is 30.6. The van der Waals surface area contributed by atoms with Crippen molar-refractivity contribution in [3.8, 4) is 11.5 Å². The van der Waals surface area contributed by atoms with E-state index in [2.05, 4.69) is 37.8 Å². The molecule has 4 rings (SSSR count). The van der Waals surface area contributed by atoms with E-state index >= 15 is 0 Å². The molecule has 4 aromatic rings. The van der Waals surface area contributed by atoms with Gasteiger partial charge in [0.1, 0.15) is 24.7 Å². The summed E-state index contributed by atoms with van der Waals surface area (Å²) in [7, 11) is -5.17. The molecule has 0 spiro atoms. The Labute approximate surface area is 248 Å². The second-order valence-electron chi connectivity index (χ2n) is 10.6. The molecule has 0 aliphatic rings. The van der Waals surface area contributed by atoms with Crippen LogP contribution in [0.4, 0.5) is 0 Å². The largest absolute Gasteiger partial charge is 0.759 e. The summed E-state index contributed by atoms with van der Waals surface area (Å²) in [6.07, 6.45) is 0. The number of carbonyl (C=O) groups excluding carboxylic acids is 1. The Morgan fingerprint density at radius 2 is 1.07 bits per heavy atom. The molecule has 0 atom stereocenters. The molecule has 0 aliphatic carbocycles. The fraction of sp³-hybridized carbons (Fsp3) is 0.242. The fourth-order valence-corrected chi connectivity index (χ4v) is 3.98. The number of carbonyl (C=O) groups is 1. The first kappa shape index (κ1) is 32.5. The second kappa shape index (κ2) is 15.3. The molecule has 0 aliphatic heterocycles. The molecule has 0 aromatic heterocycles. The van der Waals surface area contributed by atoms with Crippen LogP contribution in [0, 0.1) is 0 Å². The maximum atomic E-state index is 13.6. The predicted molar refractivity (Wildman–Crippen MR) is 159 cm³/mol. The summed E-state index contributed by atoms with van der Waals surface area (Å²) in [5, 5.41) is 0. The van der Waals surface area contributed by atoms with Gasteiger partial charge in [-0.15, -0.1) is 0 Å². The van der Waals surface area contributed by atoms with E-state index in [9.17, 15) is 4.79 Å². The van der Waals surface area contributed by atoms with E-state index in [1.54, 1.807) is 0 Å². The van der Waals surface area contributed by atoms with Crippen molar-refractivity contribution in [1.29, 1.82) is 0 Å². The lowest BCUT2D eigenvalue weighted by Crippen LogP contribution is -2.43. The molecular formula is C33H35NO7S-2. The van der Waals surface area contributed by atoms with Crippen molar-refractivity contribution >= 4 is 16.2 Å². The van der Waals surface area contributed by atoms with Gasteiger partial charge in [0.15, 0.2) is 5.78 Å². The molecule has 0 N–H and O–H groups in total. The predicted octanol–water partition coefficient (Wildman–Crippen LogP) is 5.99. The molecule has 0 unspecified atom stereocenters. The first-order valence-corrected chi connectivity index (χ1v) is 14.7. The van der Waals surface area contributed by atoms with Gasteiger partial charge in [0, 0.05) is 34.1 Å². The van der Waals surface area contributed by atoms with Crippen molar-refractivity contribution in [1.82, 2.24) is 4.90 Å². The molecule has 0 amide bonds. The Morgan fingerprint density at radius 1 is 0.690 bits per heavy atom. The number of hydrogen-bond donors (Lipinski definition) is 0. The molecule has 42 heavy (non-hydrogen) atoms. The van der Waals surface area contributed by atoms with E-state index in [1.807, 2.05) is 97.1 Å². The van der Waals surface area contributed by atoms with E-state index in [1.165, 1.54) is 5.56 Å². The van der Waals surface area contributed by atoms with Crippen LogP contribution in [0.25, 0.3) is 0 Å². The van der Waals surface area contributed by atoms with E-state index < -0.39 is 10.4 Å². The quantitative estimate of drug-likeness (QED) is 0.119. The van der Waals surface area contributed by atoms with Gasteiger partial charge in [-0.25, -0.2) is 0 Å². The van der Waals surface area contributed by atoms with Crippen molar-refractivity contribution in [2.45, 2.75) is 46.1 Å². The van der Waals surface area contributed by atoms with Crippen LogP contribution in [0.3, 0.4) is 0 Å². The van der Waals surface area contributed by atoms with E-state index in [0.29, 0.717) is 43.4 Å². The van der Waals surface area contributed by atoms with Crippen LogP contribution in [0.2, 0.25) is 0 Å². The number of ether oxygens (including phenoxy) is 2. The van der Waals surface area contributed by atoms with Gasteiger partial charge in [0.05, 0.1) is 6.54 Å². The summed E-state index contributed by atoms with van der Waals surface area (Å²) in [5.41, 5.74) is 3.70. The van der Waals surface area contributed by atoms with E-state index in [-0.39, 0.29) is 11.3 Å². The lowest BCUT2D eigenvalue weighted by molar-refractivity contribution is 0.0792. The third-order valence-electron chi connectivity index (χ3n) is 6.20. The Kier molecular flexibility index (Phi) is 11.8. The highest BCUT2D eigenvalue weighted by Crippen LogP contribution is 2.26. The minimum Gasteiger partial charge on any atom is -0.759 e. The summed E-state index contributed by atoms with van der Waals surface area (Å²) < 4.78 is 46.3.